The first kappa shape index (κ1) is 13.5. The molecule has 1 aliphatic heterocycles. The second-order valence-electron chi connectivity index (χ2n) is 5.91. The highest BCUT2D eigenvalue weighted by molar-refractivity contribution is 5.75. The van der Waals surface area contributed by atoms with E-state index < -0.39 is 0 Å². The highest BCUT2D eigenvalue weighted by atomic mass is 16.5. The third kappa shape index (κ3) is 2.30. The minimum Gasteiger partial charge on any atom is -0.493 e. The number of hydrogen-bond donors (Lipinski definition) is 1. The number of fused-ring (bicyclic) bond motifs is 2. The van der Waals surface area contributed by atoms with Gasteiger partial charge in [0.2, 0.25) is 5.91 Å². The zero-order valence-electron chi connectivity index (χ0n) is 12.4. The summed E-state index contributed by atoms with van der Waals surface area (Å²) < 4.78 is 5.75. The van der Waals surface area contributed by atoms with Gasteiger partial charge in [-0.25, -0.2) is 0 Å². The predicted molar refractivity (Wildman–Crippen MR) is 78.9 cm³/mol. The summed E-state index contributed by atoms with van der Waals surface area (Å²) in [5.74, 6) is 2.46. The van der Waals surface area contributed by atoms with E-state index in [0.717, 1.165) is 25.2 Å². The lowest BCUT2D eigenvalue weighted by Gasteiger charge is -2.25. The maximum Gasteiger partial charge on any atom is 0.219 e. The molecule has 1 amide bonds. The molecular weight excluding hydrogens is 250 g/mol. The average Bonchev–Trinajstić information content (AvgIpc) is 3.05. The van der Waals surface area contributed by atoms with Crippen LogP contribution >= 0.6 is 0 Å². The number of carbonyl (C=O) groups is 1. The molecule has 3 rings (SSSR count). The van der Waals surface area contributed by atoms with Gasteiger partial charge in [-0.3, -0.25) is 4.79 Å². The Balaban J connectivity index is 1.82. The van der Waals surface area contributed by atoms with Gasteiger partial charge in [0.1, 0.15) is 5.76 Å². The SMILES string of the molecule is CCC(=O)NCC=C1CCC2C1=C1CCOC1=CC2C. The Bertz CT molecular complexity index is 513. The molecule has 2 atom stereocenters. The van der Waals surface area contributed by atoms with E-state index in [4.69, 9.17) is 4.74 Å². The van der Waals surface area contributed by atoms with Gasteiger partial charge < -0.3 is 10.1 Å². The summed E-state index contributed by atoms with van der Waals surface area (Å²) in [4.78, 5) is 11.3. The Morgan fingerprint density at radius 3 is 3.15 bits per heavy atom. The zero-order chi connectivity index (χ0) is 14.1. The van der Waals surface area contributed by atoms with E-state index in [-0.39, 0.29) is 5.91 Å². The molecular formula is C17H23NO2. The Kier molecular flexibility index (Phi) is 3.68. The van der Waals surface area contributed by atoms with Gasteiger partial charge in [0.25, 0.3) is 0 Å². The second kappa shape index (κ2) is 5.47. The van der Waals surface area contributed by atoms with Crippen LogP contribution in [-0.2, 0) is 9.53 Å². The van der Waals surface area contributed by atoms with Gasteiger partial charge in [-0.1, -0.05) is 19.9 Å². The van der Waals surface area contributed by atoms with Crippen LogP contribution in [0, 0.1) is 11.8 Å². The molecule has 1 saturated carbocycles. The smallest absolute Gasteiger partial charge is 0.219 e. The molecule has 20 heavy (non-hydrogen) atoms. The van der Waals surface area contributed by atoms with Crippen LogP contribution in [0.15, 0.2) is 34.6 Å². The molecule has 3 nitrogen and oxygen atoms in total. The van der Waals surface area contributed by atoms with E-state index in [9.17, 15) is 4.79 Å². The lowest BCUT2D eigenvalue weighted by molar-refractivity contribution is -0.120. The summed E-state index contributed by atoms with van der Waals surface area (Å²) >= 11 is 0. The molecule has 0 aromatic carbocycles. The molecule has 1 N–H and O–H groups in total. The molecule has 3 aliphatic rings. The van der Waals surface area contributed by atoms with Crippen LogP contribution in [0.5, 0.6) is 0 Å². The van der Waals surface area contributed by atoms with Crippen molar-refractivity contribution in [1.82, 2.24) is 5.32 Å². The van der Waals surface area contributed by atoms with E-state index >= 15 is 0 Å². The second-order valence-corrected chi connectivity index (χ2v) is 5.91. The van der Waals surface area contributed by atoms with Gasteiger partial charge in [-0.2, -0.15) is 0 Å². The van der Waals surface area contributed by atoms with Crippen LogP contribution in [0.2, 0.25) is 0 Å². The minimum absolute atomic E-state index is 0.121. The van der Waals surface area contributed by atoms with Crippen LogP contribution < -0.4 is 5.32 Å². The number of amides is 1. The summed E-state index contributed by atoms with van der Waals surface area (Å²) in [5.41, 5.74) is 4.39. The number of allylic oxidation sites excluding steroid dienone is 4. The van der Waals surface area contributed by atoms with Gasteiger partial charge in [0.15, 0.2) is 0 Å². The Morgan fingerprint density at radius 2 is 2.35 bits per heavy atom. The Hall–Kier alpha value is -1.51. The maximum absolute atomic E-state index is 11.3. The van der Waals surface area contributed by atoms with Crippen molar-refractivity contribution in [3.05, 3.63) is 34.6 Å². The molecule has 0 aromatic rings. The third-order valence-electron chi connectivity index (χ3n) is 4.69. The first-order valence-electron chi connectivity index (χ1n) is 7.74. The summed E-state index contributed by atoms with van der Waals surface area (Å²) in [5, 5.41) is 2.94. The van der Waals surface area contributed by atoms with Crippen molar-refractivity contribution in [1.29, 1.82) is 0 Å². The van der Waals surface area contributed by atoms with Crippen molar-refractivity contribution in [3.63, 3.8) is 0 Å². The van der Waals surface area contributed by atoms with Gasteiger partial charge in [-0.15, -0.1) is 0 Å². The van der Waals surface area contributed by atoms with Crippen molar-refractivity contribution < 1.29 is 9.53 Å². The van der Waals surface area contributed by atoms with Crippen LogP contribution in [-0.4, -0.2) is 19.1 Å². The molecule has 2 unspecified atom stereocenters. The molecule has 0 spiro atoms. The summed E-state index contributed by atoms with van der Waals surface area (Å²) in [6.45, 7) is 5.65. The van der Waals surface area contributed by atoms with E-state index in [1.165, 1.54) is 23.1 Å². The fourth-order valence-corrected chi connectivity index (χ4v) is 3.64. The topological polar surface area (TPSA) is 38.3 Å². The van der Waals surface area contributed by atoms with Gasteiger partial charge >= 0.3 is 0 Å². The third-order valence-corrected chi connectivity index (χ3v) is 4.69. The number of hydrogen-bond acceptors (Lipinski definition) is 2. The van der Waals surface area contributed by atoms with E-state index in [0.29, 0.717) is 24.8 Å². The predicted octanol–water partition coefficient (Wildman–Crippen LogP) is 3.10. The molecule has 0 radical (unpaired) electrons. The lowest BCUT2D eigenvalue weighted by atomic mass is 9.80. The van der Waals surface area contributed by atoms with Gasteiger partial charge in [0.05, 0.1) is 6.61 Å². The molecule has 3 heteroatoms. The van der Waals surface area contributed by atoms with E-state index in [2.05, 4.69) is 24.4 Å². The largest absolute Gasteiger partial charge is 0.493 e. The average molecular weight is 273 g/mol. The fourth-order valence-electron chi connectivity index (χ4n) is 3.64. The first-order valence-corrected chi connectivity index (χ1v) is 7.74. The van der Waals surface area contributed by atoms with Crippen molar-refractivity contribution in [2.75, 3.05) is 13.2 Å². The zero-order valence-corrected chi connectivity index (χ0v) is 12.4. The van der Waals surface area contributed by atoms with Crippen molar-refractivity contribution in [3.8, 4) is 0 Å². The normalized spacial score (nSPS) is 29.9. The van der Waals surface area contributed by atoms with Crippen molar-refractivity contribution in [2.45, 2.75) is 39.5 Å². The van der Waals surface area contributed by atoms with Crippen molar-refractivity contribution in [2.24, 2.45) is 11.8 Å². The lowest BCUT2D eigenvalue weighted by Crippen LogP contribution is -2.22. The van der Waals surface area contributed by atoms with Gasteiger partial charge in [0, 0.05) is 25.0 Å². The molecule has 2 fully saturated rings. The van der Waals surface area contributed by atoms with Crippen LogP contribution in [0.4, 0.5) is 0 Å². The number of carbonyl (C=O) groups excluding carboxylic acids is 1. The Labute approximate surface area is 120 Å². The highest BCUT2D eigenvalue weighted by Crippen LogP contribution is 2.49. The van der Waals surface area contributed by atoms with Crippen molar-refractivity contribution >= 4 is 5.91 Å². The monoisotopic (exact) mass is 273 g/mol. The maximum atomic E-state index is 11.3. The highest BCUT2D eigenvalue weighted by Gasteiger charge is 2.37. The molecule has 1 saturated heterocycles. The molecule has 0 bridgehead atoms. The van der Waals surface area contributed by atoms with Gasteiger partial charge in [-0.05, 0) is 41.9 Å². The Morgan fingerprint density at radius 1 is 1.50 bits per heavy atom. The standard InChI is InChI=1S/C17H23NO2/c1-3-16(19)18-8-6-12-4-5-13-11(2)10-15-14(17(12)13)7-9-20-15/h6,10-11,13H,3-5,7-9H2,1-2H3,(H,18,19). The molecule has 2 aliphatic carbocycles. The molecule has 0 aromatic heterocycles. The number of rotatable bonds is 3. The number of ether oxygens (including phenoxy) is 1. The van der Waals surface area contributed by atoms with Crippen LogP contribution in [0.25, 0.3) is 0 Å². The summed E-state index contributed by atoms with van der Waals surface area (Å²) in [6.07, 6.45) is 8.48. The summed E-state index contributed by atoms with van der Waals surface area (Å²) in [6, 6.07) is 0. The first-order chi connectivity index (χ1) is 9.70. The van der Waals surface area contributed by atoms with E-state index in [1.54, 1.807) is 0 Å². The van der Waals surface area contributed by atoms with E-state index in [1.807, 2.05) is 6.92 Å². The van der Waals surface area contributed by atoms with Crippen LogP contribution in [0.1, 0.15) is 39.5 Å². The minimum atomic E-state index is 0.121. The fraction of sp³-hybridized carbons (Fsp3) is 0.588. The molecule has 108 valence electrons. The summed E-state index contributed by atoms with van der Waals surface area (Å²) in [7, 11) is 0. The quantitative estimate of drug-likeness (QED) is 0.858. The van der Waals surface area contributed by atoms with Crippen LogP contribution in [0.3, 0.4) is 0 Å². The molecule has 1 heterocycles. The number of nitrogens with one attached hydrogen (secondary N) is 1.